The molecule has 2 heterocycles. The van der Waals surface area contributed by atoms with Crippen LogP contribution >= 0.6 is 0 Å². The Morgan fingerprint density at radius 2 is 0.760 bits per heavy atom. The number of nitrogens with one attached hydrogen (secondary N) is 2. The van der Waals surface area contributed by atoms with Gasteiger partial charge in [0.05, 0.1) is 47.6 Å². The highest BCUT2D eigenvalue weighted by molar-refractivity contribution is 6.13. The number of aliphatic carboxylic acids is 1. The molecule has 2 amide bonds. The number of halogens is 2. The Labute approximate surface area is 586 Å². The van der Waals surface area contributed by atoms with Crippen LogP contribution in [0.4, 0.5) is 20.2 Å². The van der Waals surface area contributed by atoms with Gasteiger partial charge < -0.3 is 44.9 Å². The van der Waals surface area contributed by atoms with Crippen molar-refractivity contribution in [1.82, 2.24) is 9.13 Å². The second-order valence-electron chi connectivity index (χ2n) is 24.4. The molecule has 0 aliphatic heterocycles. The van der Waals surface area contributed by atoms with Crippen molar-refractivity contribution in [2.24, 2.45) is 0 Å². The van der Waals surface area contributed by atoms with Gasteiger partial charge in [-0.1, -0.05) is 238 Å². The summed E-state index contributed by atoms with van der Waals surface area (Å²) in [5.41, 5.74) is 9.39. The highest BCUT2D eigenvalue weighted by Gasteiger charge is 2.44. The number of carbonyl (C=O) groups is 4. The maximum Gasteiger partial charge on any atom is 0.309 e. The molecule has 0 saturated heterocycles. The molecule has 100 heavy (non-hydrogen) atoms. The van der Waals surface area contributed by atoms with Crippen LogP contribution in [0, 0.1) is 11.6 Å². The lowest BCUT2D eigenvalue weighted by Crippen LogP contribution is -2.38. The second-order valence-corrected chi connectivity index (χ2v) is 24.4. The third-order valence-corrected chi connectivity index (χ3v) is 16.9. The van der Waals surface area contributed by atoms with E-state index < -0.39 is 41.7 Å². The lowest BCUT2D eigenvalue weighted by molar-refractivity contribution is -0.165. The molecule has 0 spiro atoms. The number of aliphatic hydroxyl groups is 3. The Morgan fingerprint density at radius 1 is 0.440 bits per heavy atom. The van der Waals surface area contributed by atoms with E-state index in [1.807, 2.05) is 213 Å². The summed E-state index contributed by atoms with van der Waals surface area (Å²) in [6.45, 7) is 8.48. The molecular formula is C85H90F2N4O9. The minimum absolute atomic E-state index is 0. The topological polar surface area (TPSA) is 192 Å². The third-order valence-electron chi connectivity index (χ3n) is 16.9. The fourth-order valence-electron chi connectivity index (χ4n) is 12.6. The zero-order valence-electron chi connectivity index (χ0n) is 54.4. The summed E-state index contributed by atoms with van der Waals surface area (Å²) in [5.74, 6) is -3.40. The highest BCUT2D eigenvalue weighted by atomic mass is 19.1. The second kappa shape index (κ2) is 35.6. The number of aliphatic hydroxyl groups excluding tert-OH is 2. The molecule has 13 nitrogen and oxygen atoms in total. The van der Waals surface area contributed by atoms with Gasteiger partial charge >= 0.3 is 11.9 Å². The molecule has 11 rings (SSSR count). The normalized spacial score (nSPS) is 11.9. The Bertz CT molecular complexity index is 4360. The molecule has 11 aromatic rings. The van der Waals surface area contributed by atoms with Gasteiger partial charge in [0.1, 0.15) is 11.6 Å². The molecule has 3 atom stereocenters. The highest BCUT2D eigenvalue weighted by Crippen LogP contribution is 2.47. The summed E-state index contributed by atoms with van der Waals surface area (Å²) >= 11 is 0. The van der Waals surface area contributed by atoms with E-state index in [4.69, 9.17) is 9.84 Å². The van der Waals surface area contributed by atoms with Crippen LogP contribution < -0.4 is 10.6 Å². The first-order valence-corrected chi connectivity index (χ1v) is 32.4. The van der Waals surface area contributed by atoms with Crippen LogP contribution in [0.1, 0.15) is 142 Å². The van der Waals surface area contributed by atoms with Gasteiger partial charge in [-0.15, -0.1) is 0 Å². The number of aromatic nitrogens is 2. The summed E-state index contributed by atoms with van der Waals surface area (Å²) in [6, 6.07) is 77.1. The lowest BCUT2D eigenvalue weighted by atomic mass is 9.79. The van der Waals surface area contributed by atoms with Crippen LogP contribution in [0.15, 0.2) is 261 Å². The van der Waals surface area contributed by atoms with Gasteiger partial charge in [0.25, 0.3) is 11.8 Å². The van der Waals surface area contributed by atoms with E-state index in [9.17, 15) is 43.3 Å². The smallest absolute Gasteiger partial charge is 0.309 e. The SMILES string of the molecule is C.C.C.CC(C)c1c(C(=O)Nc2ccccc2)c(-c2ccccc2)c(-c2ccc(F)cc2)n1CCC(O)CC(=O)O.CC(C)c1c(C(=O)Nc2ccccc2)c(-c2ccccc2)c(-c2ccc(F)cc2)n1CCC(O)CC(=O)O[C@@H](c1ccccc1)C(O)(c1ccccc1)c1ccccc1. The average molecular weight is 1350 g/mol. The maximum absolute atomic E-state index is 14.5. The van der Waals surface area contributed by atoms with Crippen molar-refractivity contribution < 1.29 is 53.1 Å². The third kappa shape index (κ3) is 18.1. The van der Waals surface area contributed by atoms with Crippen LogP contribution in [0.3, 0.4) is 0 Å². The first-order valence-electron chi connectivity index (χ1n) is 32.4. The number of benzene rings is 9. The largest absolute Gasteiger partial charge is 0.481 e. The summed E-state index contributed by atoms with van der Waals surface area (Å²) in [4.78, 5) is 53.6. The Balaban J connectivity index is 0.000000298. The summed E-state index contributed by atoms with van der Waals surface area (Å²) in [7, 11) is 0. The van der Waals surface area contributed by atoms with Gasteiger partial charge in [-0.2, -0.15) is 0 Å². The number of carboxylic acid groups (broad SMARTS) is 1. The van der Waals surface area contributed by atoms with Crippen molar-refractivity contribution in [3.63, 3.8) is 0 Å². The van der Waals surface area contributed by atoms with E-state index in [2.05, 4.69) is 10.6 Å². The monoisotopic (exact) mass is 1350 g/mol. The predicted molar refractivity (Wildman–Crippen MR) is 397 cm³/mol. The van der Waals surface area contributed by atoms with Crippen LogP contribution in [0.5, 0.6) is 0 Å². The van der Waals surface area contributed by atoms with E-state index >= 15 is 0 Å². The van der Waals surface area contributed by atoms with Crippen molar-refractivity contribution in [2.75, 3.05) is 10.6 Å². The number of carbonyl (C=O) groups excluding carboxylic acids is 3. The Kier molecular flexibility index (Phi) is 27.2. The number of esters is 1. The molecule has 0 radical (unpaired) electrons. The molecule has 0 aliphatic carbocycles. The predicted octanol–water partition coefficient (Wildman–Crippen LogP) is 19.2. The van der Waals surface area contributed by atoms with Gasteiger partial charge in [-0.25, -0.2) is 8.78 Å². The van der Waals surface area contributed by atoms with Gasteiger partial charge in [-0.05, 0) is 136 Å². The number of nitrogens with zero attached hydrogens (tertiary/aromatic N) is 2. The van der Waals surface area contributed by atoms with E-state index in [1.165, 1.54) is 24.3 Å². The van der Waals surface area contributed by atoms with Crippen molar-refractivity contribution in [1.29, 1.82) is 0 Å². The maximum atomic E-state index is 14.5. The van der Waals surface area contributed by atoms with Gasteiger partial charge in [0.2, 0.25) is 0 Å². The zero-order valence-corrected chi connectivity index (χ0v) is 54.4. The minimum Gasteiger partial charge on any atom is -0.481 e. The Morgan fingerprint density at radius 3 is 1.10 bits per heavy atom. The molecule has 2 unspecified atom stereocenters. The average Bonchev–Trinajstić information content (AvgIpc) is 1.53. The van der Waals surface area contributed by atoms with Gasteiger partial charge in [0, 0.05) is 47.0 Å². The molecular weight excluding hydrogens is 1260 g/mol. The fourth-order valence-corrected chi connectivity index (χ4v) is 12.6. The number of rotatable bonds is 25. The van der Waals surface area contributed by atoms with Crippen molar-refractivity contribution in [3.05, 3.63) is 312 Å². The van der Waals surface area contributed by atoms with Crippen LogP contribution in [-0.2, 0) is 33.0 Å². The van der Waals surface area contributed by atoms with E-state index in [1.54, 1.807) is 60.7 Å². The molecule has 6 N–H and O–H groups in total. The molecule has 9 aromatic carbocycles. The molecule has 2 aromatic heterocycles. The number of anilines is 2. The lowest BCUT2D eigenvalue weighted by Gasteiger charge is -2.37. The van der Waals surface area contributed by atoms with E-state index in [-0.39, 0.29) is 90.5 Å². The number of ether oxygens (including phenoxy) is 1. The summed E-state index contributed by atoms with van der Waals surface area (Å²) in [5, 5.41) is 49.9. The fraction of sp³-hybridized carbons (Fsp3) is 0.224. The van der Waals surface area contributed by atoms with Gasteiger partial charge in [0.15, 0.2) is 11.7 Å². The first kappa shape index (κ1) is 76.5. The molecule has 0 aliphatic rings. The van der Waals surface area contributed by atoms with Crippen LogP contribution in [0.2, 0.25) is 0 Å². The van der Waals surface area contributed by atoms with E-state index in [0.29, 0.717) is 72.8 Å². The van der Waals surface area contributed by atoms with E-state index in [0.717, 1.165) is 22.5 Å². The molecule has 0 bridgehead atoms. The molecule has 518 valence electrons. The first-order chi connectivity index (χ1) is 46.9. The number of amides is 2. The minimum atomic E-state index is -1.77. The number of carboxylic acids is 1. The zero-order chi connectivity index (χ0) is 68.6. The number of hydrogen-bond acceptors (Lipinski definition) is 8. The molecule has 0 saturated carbocycles. The van der Waals surface area contributed by atoms with Crippen LogP contribution in [0.25, 0.3) is 44.8 Å². The van der Waals surface area contributed by atoms with Crippen molar-refractivity contribution >= 4 is 35.1 Å². The standard InChI is InChI=1S/C51H47FN2O5.C31H31FN2O4.3CH4/c1-35(2)47-46(50(57)53-42-26-16-7-17-27-42)45(36-18-8-3-9-19-36)48(37-28-30-41(52)31-29-37)54(47)33-32-43(55)34-44(56)59-49(38-20-10-4-11-21-38)51(58,39-22-12-5-13-23-39)40-24-14-6-15-25-40;1-20(2)29-28(31(38)33-24-11-7-4-8-12-24)27(21-9-5-3-6-10-21)30(22-13-15-23(32)16-14-22)34(29)18-17-25(35)19-26(36)37;;;/h3-31,35,43,49,55,58H,32-34H2,1-2H3,(H,53,57);3-16,20,25,35H,17-19H2,1-2H3,(H,33,38)(H,36,37);3*1H4/t43?,49-;;;;/m0..../s1. The quantitative estimate of drug-likeness (QED) is 0.0302. The Hall–Kier alpha value is -10.8. The number of hydrogen-bond donors (Lipinski definition) is 6. The van der Waals surface area contributed by atoms with Crippen molar-refractivity contribution in [3.8, 4) is 44.8 Å². The van der Waals surface area contributed by atoms with Crippen LogP contribution in [-0.4, -0.2) is 65.5 Å². The number of para-hydroxylation sites is 2. The van der Waals surface area contributed by atoms with Crippen molar-refractivity contribution in [2.45, 2.75) is 124 Å². The summed E-state index contributed by atoms with van der Waals surface area (Å²) < 4.78 is 38.5. The van der Waals surface area contributed by atoms with Gasteiger partial charge in [-0.3, -0.25) is 19.2 Å². The summed E-state index contributed by atoms with van der Waals surface area (Å²) in [6.07, 6.45) is -3.83. The molecule has 15 heteroatoms. The molecule has 0 fully saturated rings.